The number of amides is 1. The standard InChI is InChI=1S/C17H22N2O2/c1-12-3-4-13(2)15(9-12)16(20)11-18-7-8-19-14(10-18)5-6-17(19)21/h3-4,9,14H,5-8,10-11H2,1-2H3. The van der Waals surface area contributed by atoms with E-state index in [-0.39, 0.29) is 11.7 Å². The number of piperazine rings is 1. The van der Waals surface area contributed by atoms with Crippen LogP contribution in [0.2, 0.25) is 0 Å². The summed E-state index contributed by atoms with van der Waals surface area (Å²) in [5.74, 6) is 0.467. The monoisotopic (exact) mass is 286 g/mol. The first-order valence-corrected chi connectivity index (χ1v) is 7.67. The van der Waals surface area contributed by atoms with E-state index in [2.05, 4.69) is 4.90 Å². The Bertz CT molecular complexity index is 582. The lowest BCUT2D eigenvalue weighted by Gasteiger charge is -2.37. The van der Waals surface area contributed by atoms with Gasteiger partial charge in [-0.25, -0.2) is 0 Å². The Morgan fingerprint density at radius 1 is 1.29 bits per heavy atom. The van der Waals surface area contributed by atoms with Gasteiger partial charge in [0.2, 0.25) is 5.91 Å². The van der Waals surface area contributed by atoms with Crippen LogP contribution in [-0.2, 0) is 4.79 Å². The molecule has 0 spiro atoms. The second-order valence-corrected chi connectivity index (χ2v) is 6.26. The first-order valence-electron chi connectivity index (χ1n) is 7.67. The summed E-state index contributed by atoms with van der Waals surface area (Å²) >= 11 is 0. The van der Waals surface area contributed by atoms with E-state index < -0.39 is 0 Å². The van der Waals surface area contributed by atoms with Crippen molar-refractivity contribution in [2.24, 2.45) is 0 Å². The normalized spacial score (nSPS) is 22.5. The average molecular weight is 286 g/mol. The Morgan fingerprint density at radius 2 is 2.10 bits per heavy atom. The van der Waals surface area contributed by atoms with Crippen molar-refractivity contribution >= 4 is 11.7 Å². The SMILES string of the molecule is Cc1ccc(C)c(C(=O)CN2CCN3C(=O)CCC3C2)c1. The lowest BCUT2D eigenvalue weighted by molar-refractivity contribution is -0.130. The van der Waals surface area contributed by atoms with Crippen LogP contribution in [0.4, 0.5) is 0 Å². The van der Waals surface area contributed by atoms with Crippen molar-refractivity contribution < 1.29 is 9.59 Å². The molecule has 112 valence electrons. The first kappa shape index (κ1) is 14.3. The first-order chi connectivity index (χ1) is 10.0. The van der Waals surface area contributed by atoms with Gasteiger partial charge in [0, 0.05) is 37.7 Å². The van der Waals surface area contributed by atoms with Crippen LogP contribution in [0.1, 0.15) is 34.3 Å². The van der Waals surface area contributed by atoms with Gasteiger partial charge in [0.25, 0.3) is 0 Å². The van der Waals surface area contributed by atoms with Crippen molar-refractivity contribution in [3.05, 3.63) is 34.9 Å². The second kappa shape index (κ2) is 5.60. The predicted molar refractivity (Wildman–Crippen MR) is 81.4 cm³/mol. The molecule has 3 rings (SSSR count). The van der Waals surface area contributed by atoms with Gasteiger partial charge in [-0.15, -0.1) is 0 Å². The molecule has 2 aliphatic heterocycles. The smallest absolute Gasteiger partial charge is 0.222 e. The third kappa shape index (κ3) is 2.86. The molecule has 0 N–H and O–H groups in total. The highest BCUT2D eigenvalue weighted by atomic mass is 16.2. The molecule has 1 unspecified atom stereocenters. The van der Waals surface area contributed by atoms with E-state index in [4.69, 9.17) is 0 Å². The number of carbonyl (C=O) groups excluding carboxylic acids is 2. The summed E-state index contributed by atoms with van der Waals surface area (Å²) in [7, 11) is 0. The van der Waals surface area contributed by atoms with Crippen LogP contribution in [0.5, 0.6) is 0 Å². The number of rotatable bonds is 3. The van der Waals surface area contributed by atoms with Crippen LogP contribution in [-0.4, -0.2) is 53.7 Å². The molecule has 0 aliphatic carbocycles. The topological polar surface area (TPSA) is 40.6 Å². The zero-order chi connectivity index (χ0) is 15.0. The number of benzene rings is 1. The highest BCUT2D eigenvalue weighted by Crippen LogP contribution is 2.23. The molecule has 1 amide bonds. The van der Waals surface area contributed by atoms with Gasteiger partial charge in [0.1, 0.15) is 0 Å². The van der Waals surface area contributed by atoms with E-state index in [0.717, 1.165) is 42.7 Å². The van der Waals surface area contributed by atoms with Crippen molar-refractivity contribution in [1.82, 2.24) is 9.80 Å². The number of ketones is 1. The van der Waals surface area contributed by atoms with Gasteiger partial charge >= 0.3 is 0 Å². The van der Waals surface area contributed by atoms with Crippen molar-refractivity contribution in [1.29, 1.82) is 0 Å². The molecule has 1 aromatic rings. The van der Waals surface area contributed by atoms with Crippen LogP contribution >= 0.6 is 0 Å². The number of nitrogens with zero attached hydrogens (tertiary/aromatic N) is 2. The minimum atomic E-state index is 0.189. The number of carbonyl (C=O) groups is 2. The molecule has 4 nitrogen and oxygen atoms in total. The van der Waals surface area contributed by atoms with Gasteiger partial charge in [-0.05, 0) is 31.9 Å². The molecule has 1 aromatic carbocycles. The molecule has 2 fully saturated rings. The number of fused-ring (bicyclic) bond motifs is 1. The molecule has 2 aliphatic rings. The van der Waals surface area contributed by atoms with Gasteiger partial charge in [-0.1, -0.05) is 17.7 Å². The number of Topliss-reactive ketones (excluding diaryl/α,β-unsaturated/α-hetero) is 1. The van der Waals surface area contributed by atoms with E-state index >= 15 is 0 Å². The Hall–Kier alpha value is -1.68. The second-order valence-electron chi connectivity index (χ2n) is 6.26. The van der Waals surface area contributed by atoms with E-state index in [9.17, 15) is 9.59 Å². The maximum absolute atomic E-state index is 12.5. The molecular weight excluding hydrogens is 264 g/mol. The lowest BCUT2D eigenvalue weighted by atomic mass is 10.0. The molecule has 0 bridgehead atoms. The predicted octanol–water partition coefficient (Wildman–Crippen LogP) is 1.79. The fraction of sp³-hybridized carbons (Fsp3) is 0.529. The zero-order valence-electron chi connectivity index (χ0n) is 12.8. The van der Waals surface area contributed by atoms with Crippen molar-refractivity contribution in [2.75, 3.05) is 26.2 Å². The Labute approximate surface area is 125 Å². The maximum atomic E-state index is 12.5. The van der Waals surface area contributed by atoms with E-state index in [1.54, 1.807) is 0 Å². The van der Waals surface area contributed by atoms with Gasteiger partial charge in [0.15, 0.2) is 5.78 Å². The molecule has 0 saturated carbocycles. The van der Waals surface area contributed by atoms with Crippen molar-refractivity contribution in [3.8, 4) is 0 Å². The summed E-state index contributed by atoms with van der Waals surface area (Å²) in [4.78, 5) is 28.4. The largest absolute Gasteiger partial charge is 0.337 e. The summed E-state index contributed by atoms with van der Waals surface area (Å²) < 4.78 is 0. The quantitative estimate of drug-likeness (QED) is 0.796. The molecule has 2 heterocycles. The molecule has 0 aromatic heterocycles. The number of aryl methyl sites for hydroxylation is 2. The number of hydrogen-bond acceptors (Lipinski definition) is 3. The van der Waals surface area contributed by atoms with Gasteiger partial charge < -0.3 is 4.90 Å². The minimum Gasteiger partial charge on any atom is -0.337 e. The van der Waals surface area contributed by atoms with Gasteiger partial charge in [-0.3, -0.25) is 14.5 Å². The Balaban J connectivity index is 1.66. The molecule has 4 heteroatoms. The van der Waals surface area contributed by atoms with Crippen molar-refractivity contribution in [3.63, 3.8) is 0 Å². The van der Waals surface area contributed by atoms with E-state index in [0.29, 0.717) is 19.0 Å². The Kier molecular flexibility index (Phi) is 3.81. The van der Waals surface area contributed by atoms with Crippen LogP contribution in [0, 0.1) is 13.8 Å². The zero-order valence-corrected chi connectivity index (χ0v) is 12.8. The highest BCUT2D eigenvalue weighted by Gasteiger charge is 2.35. The van der Waals surface area contributed by atoms with Crippen molar-refractivity contribution in [2.45, 2.75) is 32.7 Å². The lowest BCUT2D eigenvalue weighted by Crippen LogP contribution is -2.52. The fourth-order valence-electron chi connectivity index (χ4n) is 3.40. The van der Waals surface area contributed by atoms with Crippen LogP contribution in [0.15, 0.2) is 18.2 Å². The van der Waals surface area contributed by atoms with Crippen LogP contribution in [0.3, 0.4) is 0 Å². The third-order valence-corrected chi connectivity index (χ3v) is 4.64. The highest BCUT2D eigenvalue weighted by molar-refractivity contribution is 5.99. The van der Waals surface area contributed by atoms with Crippen LogP contribution in [0.25, 0.3) is 0 Å². The molecule has 21 heavy (non-hydrogen) atoms. The van der Waals surface area contributed by atoms with E-state index in [1.807, 2.05) is 36.9 Å². The summed E-state index contributed by atoms with van der Waals surface area (Å²) in [6, 6.07) is 6.34. The summed E-state index contributed by atoms with van der Waals surface area (Å²) in [5, 5.41) is 0. The van der Waals surface area contributed by atoms with Gasteiger partial charge in [-0.2, -0.15) is 0 Å². The van der Waals surface area contributed by atoms with E-state index in [1.165, 1.54) is 0 Å². The maximum Gasteiger partial charge on any atom is 0.222 e. The average Bonchev–Trinajstić information content (AvgIpc) is 2.82. The summed E-state index contributed by atoms with van der Waals surface area (Å²) in [6.07, 6.45) is 1.61. The summed E-state index contributed by atoms with van der Waals surface area (Å²) in [5.41, 5.74) is 3.00. The Morgan fingerprint density at radius 3 is 2.90 bits per heavy atom. The molecule has 1 atom stereocenters. The number of hydrogen-bond donors (Lipinski definition) is 0. The minimum absolute atomic E-state index is 0.189. The molecule has 2 saturated heterocycles. The molecular formula is C17H22N2O2. The molecule has 0 radical (unpaired) electrons. The fourth-order valence-corrected chi connectivity index (χ4v) is 3.40. The van der Waals surface area contributed by atoms with Gasteiger partial charge in [0.05, 0.1) is 6.54 Å². The summed E-state index contributed by atoms with van der Waals surface area (Å²) in [6.45, 7) is 6.87. The van der Waals surface area contributed by atoms with Crippen LogP contribution < -0.4 is 0 Å². The third-order valence-electron chi connectivity index (χ3n) is 4.64.